The van der Waals surface area contributed by atoms with Crippen LogP contribution < -0.4 is 5.32 Å². The normalized spacial score (nSPS) is 10.3. The predicted molar refractivity (Wildman–Crippen MR) is 55.2 cm³/mol. The second-order valence-electron chi connectivity index (χ2n) is 2.92. The van der Waals surface area contributed by atoms with Gasteiger partial charge in [0.15, 0.2) is 5.22 Å². The fourth-order valence-corrected chi connectivity index (χ4v) is 1.27. The van der Waals surface area contributed by atoms with E-state index in [1.807, 2.05) is 0 Å². The molecule has 2 aromatic heterocycles. The summed E-state index contributed by atoms with van der Waals surface area (Å²) in [7, 11) is 0. The van der Waals surface area contributed by atoms with Crippen molar-refractivity contribution in [2.24, 2.45) is 0 Å². The third-order valence-corrected chi connectivity index (χ3v) is 2.00. The second kappa shape index (κ2) is 4.31. The molecule has 0 radical (unpaired) electrons. The lowest BCUT2D eigenvalue weighted by Crippen LogP contribution is -1.99. The Morgan fingerprint density at radius 2 is 2.20 bits per heavy atom. The van der Waals surface area contributed by atoms with Crippen LogP contribution in [0.2, 0.25) is 5.22 Å². The molecule has 2 rings (SSSR count). The van der Waals surface area contributed by atoms with E-state index in [0.29, 0.717) is 23.3 Å². The van der Waals surface area contributed by atoms with Gasteiger partial charge in [-0.2, -0.15) is 0 Å². The minimum absolute atomic E-state index is 0.346. The summed E-state index contributed by atoms with van der Waals surface area (Å²) in [5.74, 6) is 0.927. The molecular weight excluding hydrogens is 219 g/mol. The Bertz CT molecular complexity index is 441. The summed E-state index contributed by atoms with van der Waals surface area (Å²) in [5, 5.41) is 3.32. The van der Waals surface area contributed by atoms with Crippen LogP contribution in [0.3, 0.4) is 0 Å². The average Bonchev–Trinajstić information content (AvgIpc) is 2.64. The summed E-state index contributed by atoms with van der Waals surface area (Å²) in [6.07, 6.45) is 1.15. The topological polar surface area (TPSA) is 38.1 Å². The Morgan fingerprint density at radius 3 is 2.80 bits per heavy atom. The maximum atomic E-state index is 12.5. The maximum absolute atomic E-state index is 12.5. The third kappa shape index (κ3) is 2.70. The lowest BCUT2D eigenvalue weighted by atomic mass is 10.4. The maximum Gasteiger partial charge on any atom is 0.193 e. The molecule has 0 unspecified atom stereocenters. The van der Waals surface area contributed by atoms with Crippen molar-refractivity contribution in [2.75, 3.05) is 5.32 Å². The number of nitrogens with zero attached hydrogens (tertiary/aromatic N) is 1. The van der Waals surface area contributed by atoms with Crippen molar-refractivity contribution in [3.63, 3.8) is 0 Å². The second-order valence-corrected chi connectivity index (χ2v) is 3.29. The van der Waals surface area contributed by atoms with E-state index in [1.165, 1.54) is 6.07 Å². The fourth-order valence-electron chi connectivity index (χ4n) is 1.10. The number of rotatable bonds is 3. The van der Waals surface area contributed by atoms with Crippen molar-refractivity contribution in [3.8, 4) is 0 Å². The summed E-state index contributed by atoms with van der Waals surface area (Å²) in [5.41, 5.74) is 0. The number of pyridine rings is 1. The van der Waals surface area contributed by atoms with Crippen LogP contribution in [0.25, 0.3) is 0 Å². The lowest BCUT2D eigenvalue weighted by Gasteiger charge is -2.02. The van der Waals surface area contributed by atoms with Crippen molar-refractivity contribution in [2.45, 2.75) is 6.54 Å². The van der Waals surface area contributed by atoms with Gasteiger partial charge < -0.3 is 9.73 Å². The largest absolute Gasteiger partial charge is 0.448 e. The quantitative estimate of drug-likeness (QED) is 0.874. The molecule has 0 spiro atoms. The highest BCUT2D eigenvalue weighted by Gasteiger charge is 2.00. The van der Waals surface area contributed by atoms with Crippen LogP contribution in [0.1, 0.15) is 5.76 Å². The first-order valence-corrected chi connectivity index (χ1v) is 4.71. The number of nitrogens with one attached hydrogen (secondary N) is 1. The monoisotopic (exact) mass is 226 g/mol. The number of hydrogen-bond acceptors (Lipinski definition) is 3. The predicted octanol–water partition coefficient (Wildman–Crippen LogP) is 3.08. The van der Waals surface area contributed by atoms with Crippen LogP contribution in [0.4, 0.5) is 10.2 Å². The number of furan rings is 1. The van der Waals surface area contributed by atoms with Gasteiger partial charge in [-0.1, -0.05) is 0 Å². The summed E-state index contributed by atoms with van der Waals surface area (Å²) in [4.78, 5) is 3.84. The molecule has 78 valence electrons. The van der Waals surface area contributed by atoms with E-state index < -0.39 is 0 Å². The first-order chi connectivity index (χ1) is 7.24. The van der Waals surface area contributed by atoms with Crippen LogP contribution in [0.5, 0.6) is 0 Å². The molecule has 0 aliphatic rings. The summed E-state index contributed by atoms with van der Waals surface area (Å²) in [6, 6.07) is 6.32. The summed E-state index contributed by atoms with van der Waals surface area (Å²) >= 11 is 5.60. The van der Waals surface area contributed by atoms with Gasteiger partial charge in [0.1, 0.15) is 17.4 Å². The molecule has 2 heterocycles. The zero-order chi connectivity index (χ0) is 10.7. The molecule has 0 atom stereocenters. The van der Waals surface area contributed by atoms with Gasteiger partial charge in [-0.05, 0) is 35.9 Å². The molecule has 5 heteroatoms. The van der Waals surface area contributed by atoms with Gasteiger partial charge >= 0.3 is 0 Å². The van der Waals surface area contributed by atoms with E-state index >= 15 is 0 Å². The SMILES string of the molecule is Fc1ccc(NCc2ccc(Cl)o2)nc1. The van der Waals surface area contributed by atoms with E-state index in [-0.39, 0.29) is 5.82 Å². The van der Waals surface area contributed by atoms with Crippen molar-refractivity contribution in [1.82, 2.24) is 4.98 Å². The number of hydrogen-bond donors (Lipinski definition) is 1. The van der Waals surface area contributed by atoms with Gasteiger partial charge in [0, 0.05) is 0 Å². The third-order valence-electron chi connectivity index (χ3n) is 1.80. The molecule has 0 fully saturated rings. The zero-order valence-corrected chi connectivity index (χ0v) is 8.46. The molecule has 0 saturated heterocycles. The van der Waals surface area contributed by atoms with Crippen LogP contribution in [0.15, 0.2) is 34.9 Å². The van der Waals surface area contributed by atoms with Crippen LogP contribution >= 0.6 is 11.6 Å². The zero-order valence-electron chi connectivity index (χ0n) is 7.71. The van der Waals surface area contributed by atoms with Gasteiger partial charge in [0.05, 0.1) is 12.7 Å². The standard InChI is InChI=1S/C10H8ClFN2O/c11-9-3-2-8(15-9)6-14-10-4-1-7(12)5-13-10/h1-5H,6H2,(H,13,14). The minimum Gasteiger partial charge on any atom is -0.448 e. The number of anilines is 1. The molecule has 0 saturated carbocycles. The Labute approximate surface area is 90.9 Å². The van der Waals surface area contributed by atoms with Crippen molar-refractivity contribution >= 4 is 17.4 Å². The highest BCUT2D eigenvalue weighted by molar-refractivity contribution is 6.28. The molecule has 3 nitrogen and oxygen atoms in total. The van der Waals surface area contributed by atoms with E-state index in [9.17, 15) is 4.39 Å². The van der Waals surface area contributed by atoms with Crippen molar-refractivity contribution in [3.05, 3.63) is 47.3 Å². The Hall–Kier alpha value is -1.55. The molecule has 0 bridgehead atoms. The van der Waals surface area contributed by atoms with Crippen molar-refractivity contribution in [1.29, 1.82) is 0 Å². The molecule has 15 heavy (non-hydrogen) atoms. The first-order valence-electron chi connectivity index (χ1n) is 4.34. The molecule has 0 aliphatic carbocycles. The van der Waals surface area contributed by atoms with Gasteiger partial charge in [0.25, 0.3) is 0 Å². The van der Waals surface area contributed by atoms with Crippen LogP contribution in [-0.4, -0.2) is 4.98 Å². The highest BCUT2D eigenvalue weighted by atomic mass is 35.5. The number of halogens is 2. The van der Waals surface area contributed by atoms with Crippen LogP contribution in [0, 0.1) is 5.82 Å². The van der Waals surface area contributed by atoms with E-state index in [1.54, 1.807) is 18.2 Å². The Balaban J connectivity index is 1.96. The van der Waals surface area contributed by atoms with Gasteiger partial charge in [-0.25, -0.2) is 9.37 Å². The highest BCUT2D eigenvalue weighted by Crippen LogP contribution is 2.14. The first kappa shape index (κ1) is 9.98. The molecule has 0 aromatic carbocycles. The molecule has 1 N–H and O–H groups in total. The molecular formula is C10H8ClFN2O. The van der Waals surface area contributed by atoms with Crippen LogP contribution in [-0.2, 0) is 6.54 Å². The molecule has 0 amide bonds. The Morgan fingerprint density at radius 1 is 1.33 bits per heavy atom. The molecule has 0 aliphatic heterocycles. The lowest BCUT2D eigenvalue weighted by molar-refractivity contribution is 0.519. The number of aromatic nitrogens is 1. The summed E-state index contributed by atoms with van der Waals surface area (Å²) in [6.45, 7) is 0.464. The summed E-state index contributed by atoms with van der Waals surface area (Å²) < 4.78 is 17.7. The average molecular weight is 227 g/mol. The smallest absolute Gasteiger partial charge is 0.193 e. The van der Waals surface area contributed by atoms with Crippen molar-refractivity contribution < 1.29 is 8.81 Å². The van der Waals surface area contributed by atoms with E-state index in [0.717, 1.165) is 6.20 Å². The fraction of sp³-hybridized carbons (Fsp3) is 0.100. The van der Waals surface area contributed by atoms with E-state index in [2.05, 4.69) is 10.3 Å². The minimum atomic E-state index is -0.360. The van der Waals surface area contributed by atoms with E-state index in [4.69, 9.17) is 16.0 Å². The Kier molecular flexibility index (Phi) is 2.87. The van der Waals surface area contributed by atoms with Gasteiger partial charge in [-0.15, -0.1) is 0 Å². The van der Waals surface area contributed by atoms with Gasteiger partial charge in [0.2, 0.25) is 0 Å². The molecule has 2 aromatic rings. The van der Waals surface area contributed by atoms with Gasteiger partial charge in [-0.3, -0.25) is 0 Å².